The molecular formula is C20H26N2O2. The number of benzene rings is 2. The van der Waals surface area contributed by atoms with Crippen LogP contribution in [0.4, 0.5) is 0 Å². The highest BCUT2D eigenvalue weighted by molar-refractivity contribution is 5.94. The second-order valence-corrected chi connectivity index (χ2v) is 5.76. The Morgan fingerprint density at radius 1 is 1.04 bits per heavy atom. The summed E-state index contributed by atoms with van der Waals surface area (Å²) in [6, 6.07) is 15.8. The minimum Gasteiger partial charge on any atom is -0.497 e. The van der Waals surface area contributed by atoms with Crippen LogP contribution in [-0.2, 0) is 13.1 Å². The van der Waals surface area contributed by atoms with Crippen LogP contribution in [0.15, 0.2) is 48.5 Å². The topological polar surface area (TPSA) is 50.4 Å². The highest BCUT2D eigenvalue weighted by Crippen LogP contribution is 2.12. The van der Waals surface area contributed by atoms with E-state index < -0.39 is 0 Å². The fourth-order valence-corrected chi connectivity index (χ4v) is 2.39. The molecule has 0 fully saturated rings. The predicted molar refractivity (Wildman–Crippen MR) is 97.2 cm³/mol. The Morgan fingerprint density at radius 3 is 2.50 bits per heavy atom. The molecule has 0 radical (unpaired) electrons. The fourth-order valence-electron chi connectivity index (χ4n) is 2.39. The maximum absolute atomic E-state index is 12.0. The molecule has 0 aliphatic carbocycles. The normalized spacial score (nSPS) is 10.4. The summed E-state index contributed by atoms with van der Waals surface area (Å²) in [4.78, 5) is 12.0. The first-order valence-electron chi connectivity index (χ1n) is 8.43. The summed E-state index contributed by atoms with van der Waals surface area (Å²) in [7, 11) is 1.67. The third-order valence-electron chi connectivity index (χ3n) is 3.82. The molecule has 0 bridgehead atoms. The number of amides is 1. The number of rotatable bonds is 9. The molecule has 2 aromatic carbocycles. The zero-order chi connectivity index (χ0) is 17.2. The summed E-state index contributed by atoms with van der Waals surface area (Å²) in [6.07, 6.45) is 2.09. The molecule has 2 N–H and O–H groups in total. The lowest BCUT2D eigenvalue weighted by molar-refractivity contribution is 0.0953. The van der Waals surface area contributed by atoms with Gasteiger partial charge in [-0.2, -0.15) is 0 Å². The number of hydrogen-bond acceptors (Lipinski definition) is 3. The van der Waals surface area contributed by atoms with Gasteiger partial charge in [-0.1, -0.05) is 37.6 Å². The summed E-state index contributed by atoms with van der Waals surface area (Å²) in [5.74, 6) is 0.868. The van der Waals surface area contributed by atoms with Gasteiger partial charge in [0.05, 0.1) is 7.11 Å². The number of unbranched alkanes of at least 4 members (excludes halogenated alkanes) is 1. The highest BCUT2D eigenvalue weighted by atomic mass is 16.5. The predicted octanol–water partition coefficient (Wildman–Crippen LogP) is 3.51. The van der Waals surface area contributed by atoms with E-state index in [1.54, 1.807) is 7.11 Å². The van der Waals surface area contributed by atoms with E-state index in [9.17, 15) is 4.79 Å². The first-order chi connectivity index (χ1) is 11.7. The lowest BCUT2D eigenvalue weighted by Crippen LogP contribution is -2.24. The molecule has 4 nitrogen and oxygen atoms in total. The molecule has 0 unspecified atom stereocenters. The van der Waals surface area contributed by atoms with Crippen LogP contribution < -0.4 is 15.4 Å². The van der Waals surface area contributed by atoms with E-state index in [0.717, 1.165) is 43.8 Å². The third-order valence-corrected chi connectivity index (χ3v) is 3.82. The van der Waals surface area contributed by atoms with Gasteiger partial charge in [-0.05, 0) is 41.8 Å². The van der Waals surface area contributed by atoms with E-state index in [4.69, 9.17) is 4.74 Å². The summed E-state index contributed by atoms with van der Waals surface area (Å²) >= 11 is 0. The molecule has 0 aliphatic heterocycles. The Bertz CT molecular complexity index is 638. The van der Waals surface area contributed by atoms with Crippen LogP contribution in [0.25, 0.3) is 0 Å². The van der Waals surface area contributed by atoms with Crippen molar-refractivity contribution < 1.29 is 9.53 Å². The number of nitrogens with one attached hydrogen (secondary N) is 2. The van der Waals surface area contributed by atoms with Gasteiger partial charge >= 0.3 is 0 Å². The van der Waals surface area contributed by atoms with Crippen LogP contribution >= 0.6 is 0 Å². The van der Waals surface area contributed by atoms with Gasteiger partial charge in [0.1, 0.15) is 5.75 Å². The van der Waals surface area contributed by atoms with Crippen LogP contribution in [-0.4, -0.2) is 19.6 Å². The van der Waals surface area contributed by atoms with Crippen molar-refractivity contribution >= 4 is 5.91 Å². The first kappa shape index (κ1) is 18.0. The average Bonchev–Trinajstić information content (AvgIpc) is 2.62. The Kier molecular flexibility index (Phi) is 7.30. The van der Waals surface area contributed by atoms with Crippen LogP contribution in [0.2, 0.25) is 0 Å². The Balaban J connectivity index is 1.80. The van der Waals surface area contributed by atoms with Gasteiger partial charge in [-0.15, -0.1) is 0 Å². The van der Waals surface area contributed by atoms with Crippen molar-refractivity contribution in [2.75, 3.05) is 13.7 Å². The van der Waals surface area contributed by atoms with Crippen molar-refractivity contribution in [1.82, 2.24) is 10.6 Å². The summed E-state index contributed by atoms with van der Waals surface area (Å²) in [5.41, 5.74) is 3.05. The first-order valence-corrected chi connectivity index (χ1v) is 8.43. The quantitative estimate of drug-likeness (QED) is 0.693. The maximum atomic E-state index is 12.0. The fraction of sp³-hybridized carbons (Fsp3) is 0.350. The van der Waals surface area contributed by atoms with Gasteiger partial charge in [-0.3, -0.25) is 4.79 Å². The molecular weight excluding hydrogens is 300 g/mol. The Hall–Kier alpha value is -2.33. The monoisotopic (exact) mass is 326 g/mol. The van der Waals surface area contributed by atoms with Gasteiger partial charge in [0.2, 0.25) is 0 Å². The molecule has 128 valence electrons. The summed E-state index contributed by atoms with van der Waals surface area (Å²) in [5, 5.41) is 6.33. The van der Waals surface area contributed by atoms with Crippen molar-refractivity contribution in [1.29, 1.82) is 0 Å². The largest absolute Gasteiger partial charge is 0.497 e. The van der Waals surface area contributed by atoms with E-state index >= 15 is 0 Å². The average molecular weight is 326 g/mol. The van der Waals surface area contributed by atoms with Crippen LogP contribution in [0.5, 0.6) is 5.75 Å². The molecule has 4 heteroatoms. The lowest BCUT2D eigenvalue weighted by atomic mass is 10.1. The molecule has 0 aliphatic rings. The summed E-state index contributed by atoms with van der Waals surface area (Å²) in [6.45, 7) is 4.38. The molecule has 0 aromatic heterocycles. The zero-order valence-electron chi connectivity index (χ0n) is 14.5. The van der Waals surface area contributed by atoms with Crippen LogP contribution in [0.3, 0.4) is 0 Å². The number of methoxy groups -OCH3 is 1. The smallest absolute Gasteiger partial charge is 0.251 e. The van der Waals surface area contributed by atoms with Gasteiger partial charge in [0.25, 0.3) is 5.91 Å². The zero-order valence-corrected chi connectivity index (χ0v) is 14.5. The van der Waals surface area contributed by atoms with Crippen molar-refractivity contribution in [3.05, 3.63) is 65.2 Å². The SMILES string of the molecule is CCCCNC(=O)c1ccc(CNCc2cccc(OC)c2)cc1. The molecule has 24 heavy (non-hydrogen) atoms. The summed E-state index contributed by atoms with van der Waals surface area (Å²) < 4.78 is 5.22. The van der Waals surface area contributed by atoms with E-state index in [1.807, 2.05) is 42.5 Å². The highest BCUT2D eigenvalue weighted by Gasteiger charge is 2.04. The van der Waals surface area contributed by atoms with Gasteiger partial charge in [0, 0.05) is 25.2 Å². The molecule has 2 rings (SSSR count). The number of carbonyl (C=O) groups is 1. The molecule has 0 saturated heterocycles. The number of hydrogen-bond donors (Lipinski definition) is 2. The van der Waals surface area contributed by atoms with Crippen LogP contribution in [0, 0.1) is 0 Å². The van der Waals surface area contributed by atoms with Gasteiger partial charge < -0.3 is 15.4 Å². The van der Waals surface area contributed by atoms with Gasteiger partial charge in [0.15, 0.2) is 0 Å². The molecule has 0 saturated carbocycles. The van der Waals surface area contributed by atoms with E-state index in [1.165, 1.54) is 5.56 Å². The van der Waals surface area contributed by atoms with Crippen LogP contribution in [0.1, 0.15) is 41.3 Å². The van der Waals surface area contributed by atoms with Crippen molar-refractivity contribution in [2.24, 2.45) is 0 Å². The van der Waals surface area contributed by atoms with E-state index in [2.05, 4.69) is 23.6 Å². The minimum atomic E-state index is -0.000611. The van der Waals surface area contributed by atoms with E-state index in [0.29, 0.717) is 5.56 Å². The second kappa shape index (κ2) is 9.73. The molecule has 1 amide bonds. The molecule has 0 spiro atoms. The van der Waals surface area contributed by atoms with Crippen molar-refractivity contribution in [3.63, 3.8) is 0 Å². The maximum Gasteiger partial charge on any atom is 0.251 e. The second-order valence-electron chi connectivity index (χ2n) is 5.76. The molecule has 2 aromatic rings. The Morgan fingerprint density at radius 2 is 1.79 bits per heavy atom. The van der Waals surface area contributed by atoms with Crippen molar-refractivity contribution in [3.8, 4) is 5.75 Å². The third kappa shape index (κ3) is 5.70. The minimum absolute atomic E-state index is 0.000611. The van der Waals surface area contributed by atoms with Gasteiger partial charge in [-0.25, -0.2) is 0 Å². The lowest BCUT2D eigenvalue weighted by Gasteiger charge is -2.08. The number of carbonyl (C=O) groups excluding carboxylic acids is 1. The Labute approximate surface area is 144 Å². The molecule has 0 atom stereocenters. The number of ether oxygens (including phenoxy) is 1. The van der Waals surface area contributed by atoms with Crippen molar-refractivity contribution in [2.45, 2.75) is 32.9 Å². The standard InChI is InChI=1S/C20H26N2O2/c1-3-4-12-22-20(23)18-10-8-16(9-11-18)14-21-15-17-6-5-7-19(13-17)24-2/h5-11,13,21H,3-4,12,14-15H2,1-2H3,(H,22,23). The molecule has 0 heterocycles. The van der Waals surface area contributed by atoms with E-state index in [-0.39, 0.29) is 5.91 Å².